The Hall–Kier alpha value is -2.40. The zero-order chi connectivity index (χ0) is 18.4. The third kappa shape index (κ3) is 4.61. The largest absolute Gasteiger partial charge is 0.347 e. The van der Waals surface area contributed by atoms with Gasteiger partial charge in [0.2, 0.25) is 0 Å². The third-order valence-corrected chi connectivity index (χ3v) is 5.61. The molecule has 0 atom stereocenters. The lowest BCUT2D eigenvalue weighted by atomic mass is 10.1. The van der Waals surface area contributed by atoms with Gasteiger partial charge in [-0.2, -0.15) is 0 Å². The van der Waals surface area contributed by atoms with E-state index in [0.717, 1.165) is 36.2 Å². The van der Waals surface area contributed by atoms with Gasteiger partial charge in [0.1, 0.15) is 0 Å². The fraction of sp³-hybridized carbons (Fsp3) is 0.333. The van der Waals surface area contributed by atoms with Crippen LogP contribution in [0.25, 0.3) is 0 Å². The maximum Gasteiger partial charge on any atom is 0.261 e. The minimum Gasteiger partial charge on any atom is -0.347 e. The minimum atomic E-state index is 0.0227. The number of carbonyl (C=O) groups is 1. The lowest BCUT2D eigenvalue weighted by Crippen LogP contribution is -2.21. The molecule has 2 aromatic heterocycles. The molecule has 5 heteroatoms. The molecule has 3 aromatic rings. The molecule has 136 valence electrons. The summed E-state index contributed by atoms with van der Waals surface area (Å²) in [7, 11) is 0. The first kappa shape index (κ1) is 18.4. The first-order valence-electron chi connectivity index (χ1n) is 9.13. The van der Waals surface area contributed by atoms with Gasteiger partial charge in [0.15, 0.2) is 0 Å². The van der Waals surface area contributed by atoms with Crippen molar-refractivity contribution >= 4 is 17.2 Å². The molecule has 1 N–H and O–H groups in total. The number of amides is 1. The highest BCUT2D eigenvalue weighted by molar-refractivity contribution is 7.14. The Balaban J connectivity index is 1.57. The van der Waals surface area contributed by atoms with E-state index in [2.05, 4.69) is 54.5 Å². The zero-order valence-corrected chi connectivity index (χ0v) is 16.2. The van der Waals surface area contributed by atoms with Gasteiger partial charge in [0, 0.05) is 30.4 Å². The highest BCUT2D eigenvalue weighted by atomic mass is 32.1. The van der Waals surface area contributed by atoms with Crippen molar-refractivity contribution in [2.45, 2.75) is 46.2 Å². The molecule has 0 bridgehead atoms. The van der Waals surface area contributed by atoms with E-state index in [1.165, 1.54) is 16.0 Å². The molecule has 0 unspecified atom stereocenters. The molecule has 0 spiro atoms. The molecule has 0 aliphatic carbocycles. The molecule has 4 nitrogen and oxygen atoms in total. The fourth-order valence-corrected chi connectivity index (χ4v) is 4.21. The third-order valence-electron chi connectivity index (χ3n) is 4.38. The summed E-state index contributed by atoms with van der Waals surface area (Å²) in [5.74, 6) is 0.0227. The van der Waals surface area contributed by atoms with Crippen molar-refractivity contribution in [3.05, 3.63) is 75.5 Å². The van der Waals surface area contributed by atoms with Gasteiger partial charge in [-0.1, -0.05) is 44.5 Å². The number of hydrogen-bond acceptors (Lipinski definition) is 3. The summed E-state index contributed by atoms with van der Waals surface area (Å²) in [4.78, 5) is 18.7. The van der Waals surface area contributed by atoms with E-state index >= 15 is 0 Å². The number of hydrogen-bond donors (Lipinski definition) is 1. The average Bonchev–Trinajstić information content (AvgIpc) is 3.31. The van der Waals surface area contributed by atoms with Gasteiger partial charge in [0.25, 0.3) is 5.91 Å². The Morgan fingerprint density at radius 3 is 2.62 bits per heavy atom. The van der Waals surface area contributed by atoms with Crippen LogP contribution in [0.2, 0.25) is 0 Å². The lowest BCUT2D eigenvalue weighted by Gasteiger charge is -2.06. The van der Waals surface area contributed by atoms with Crippen molar-refractivity contribution < 1.29 is 4.79 Å². The monoisotopic (exact) mass is 367 g/mol. The van der Waals surface area contributed by atoms with E-state index in [-0.39, 0.29) is 5.91 Å². The zero-order valence-electron chi connectivity index (χ0n) is 15.4. The standard InChI is InChI=1S/C21H25N3OS/c1-3-5-19-18(4-2)12-20(26-19)21(25)23-13-16-6-8-17(9-7-16)14-24-11-10-22-15-24/h6-12,15H,3-5,13-14H2,1-2H3,(H,23,25). The predicted molar refractivity (Wildman–Crippen MR) is 107 cm³/mol. The van der Waals surface area contributed by atoms with Crippen LogP contribution in [-0.2, 0) is 25.9 Å². The molecular formula is C21H25N3OS. The molecule has 0 aliphatic heterocycles. The number of aromatic nitrogens is 2. The van der Waals surface area contributed by atoms with Gasteiger partial charge in [-0.25, -0.2) is 4.98 Å². The van der Waals surface area contributed by atoms with E-state index in [4.69, 9.17) is 0 Å². The van der Waals surface area contributed by atoms with Gasteiger partial charge in [-0.15, -0.1) is 11.3 Å². The second kappa shape index (κ2) is 8.81. The second-order valence-corrected chi connectivity index (χ2v) is 7.53. The van der Waals surface area contributed by atoms with Gasteiger partial charge in [0.05, 0.1) is 11.2 Å². The van der Waals surface area contributed by atoms with E-state index in [0.29, 0.717) is 6.54 Å². The van der Waals surface area contributed by atoms with Crippen LogP contribution in [0.5, 0.6) is 0 Å². The summed E-state index contributed by atoms with van der Waals surface area (Å²) in [6.07, 6.45) is 8.69. The first-order chi connectivity index (χ1) is 12.7. The Morgan fingerprint density at radius 2 is 1.96 bits per heavy atom. The van der Waals surface area contributed by atoms with Crippen LogP contribution in [-0.4, -0.2) is 15.5 Å². The fourth-order valence-electron chi connectivity index (χ4n) is 2.94. The number of carbonyl (C=O) groups excluding carboxylic acids is 1. The van der Waals surface area contributed by atoms with Crippen molar-refractivity contribution in [2.24, 2.45) is 0 Å². The summed E-state index contributed by atoms with van der Waals surface area (Å²) in [6, 6.07) is 10.4. The number of imidazole rings is 1. The quantitative estimate of drug-likeness (QED) is 0.640. The lowest BCUT2D eigenvalue weighted by molar-refractivity contribution is 0.0955. The molecule has 0 saturated carbocycles. The van der Waals surface area contributed by atoms with E-state index < -0.39 is 0 Å². The molecule has 0 aliphatic rings. The SMILES string of the molecule is CCCc1sc(C(=O)NCc2ccc(Cn3ccnc3)cc2)cc1CC. The van der Waals surface area contributed by atoms with E-state index in [9.17, 15) is 4.79 Å². The Kier molecular flexibility index (Phi) is 6.23. The van der Waals surface area contributed by atoms with Gasteiger partial charge in [-0.3, -0.25) is 4.79 Å². The first-order valence-corrected chi connectivity index (χ1v) is 9.94. The molecule has 0 fully saturated rings. The van der Waals surface area contributed by atoms with Crippen LogP contribution < -0.4 is 5.32 Å². The van der Waals surface area contributed by atoms with Crippen LogP contribution in [0.15, 0.2) is 49.1 Å². The number of aryl methyl sites for hydroxylation is 2. The van der Waals surface area contributed by atoms with Crippen LogP contribution >= 0.6 is 11.3 Å². The summed E-state index contributed by atoms with van der Waals surface area (Å²) in [6.45, 7) is 5.68. The molecule has 1 aromatic carbocycles. The maximum absolute atomic E-state index is 12.5. The van der Waals surface area contributed by atoms with Crippen LogP contribution in [0.3, 0.4) is 0 Å². The number of nitrogens with one attached hydrogen (secondary N) is 1. The number of benzene rings is 1. The van der Waals surface area contributed by atoms with Crippen molar-refractivity contribution in [1.29, 1.82) is 0 Å². The maximum atomic E-state index is 12.5. The molecule has 0 saturated heterocycles. The molecule has 26 heavy (non-hydrogen) atoms. The van der Waals surface area contributed by atoms with Crippen molar-refractivity contribution in [3.63, 3.8) is 0 Å². The van der Waals surface area contributed by atoms with Gasteiger partial charge in [-0.05, 0) is 35.6 Å². The smallest absolute Gasteiger partial charge is 0.261 e. The minimum absolute atomic E-state index is 0.0227. The van der Waals surface area contributed by atoms with Crippen LogP contribution in [0.4, 0.5) is 0 Å². The van der Waals surface area contributed by atoms with Gasteiger partial charge >= 0.3 is 0 Å². The van der Waals surface area contributed by atoms with Crippen LogP contribution in [0.1, 0.15) is 51.5 Å². The molecule has 3 rings (SSSR count). The normalized spacial score (nSPS) is 10.8. The summed E-state index contributed by atoms with van der Waals surface area (Å²) in [5.41, 5.74) is 3.63. The number of nitrogens with zero attached hydrogens (tertiary/aromatic N) is 2. The van der Waals surface area contributed by atoms with Crippen molar-refractivity contribution in [2.75, 3.05) is 0 Å². The summed E-state index contributed by atoms with van der Waals surface area (Å²) < 4.78 is 2.03. The van der Waals surface area contributed by atoms with Crippen molar-refractivity contribution in [1.82, 2.24) is 14.9 Å². The highest BCUT2D eigenvalue weighted by Gasteiger charge is 2.13. The van der Waals surface area contributed by atoms with Crippen LogP contribution in [0, 0.1) is 0 Å². The Morgan fingerprint density at radius 1 is 1.19 bits per heavy atom. The molecule has 2 heterocycles. The van der Waals surface area contributed by atoms with Crippen molar-refractivity contribution in [3.8, 4) is 0 Å². The summed E-state index contributed by atoms with van der Waals surface area (Å²) in [5, 5.41) is 3.04. The molecular weight excluding hydrogens is 342 g/mol. The number of thiophene rings is 1. The summed E-state index contributed by atoms with van der Waals surface area (Å²) >= 11 is 1.64. The second-order valence-electron chi connectivity index (χ2n) is 6.40. The molecule has 0 radical (unpaired) electrons. The molecule has 1 amide bonds. The van der Waals surface area contributed by atoms with Gasteiger partial charge < -0.3 is 9.88 Å². The number of rotatable bonds is 8. The predicted octanol–water partition coefficient (Wildman–Crippen LogP) is 4.44. The Bertz CT molecular complexity index is 835. The van der Waals surface area contributed by atoms with E-state index in [1.54, 1.807) is 17.5 Å². The highest BCUT2D eigenvalue weighted by Crippen LogP contribution is 2.24. The average molecular weight is 368 g/mol. The van der Waals surface area contributed by atoms with E-state index in [1.807, 2.05) is 17.1 Å². The topological polar surface area (TPSA) is 46.9 Å². The Labute approximate surface area is 158 Å².